The number of benzene rings is 1. The fourth-order valence-electron chi connectivity index (χ4n) is 1.47. The molecule has 0 bridgehead atoms. The monoisotopic (exact) mass is 232 g/mol. The van der Waals surface area contributed by atoms with Crippen molar-refractivity contribution in [2.45, 2.75) is 0 Å². The lowest BCUT2D eigenvalue weighted by atomic mass is 10.3. The van der Waals surface area contributed by atoms with Gasteiger partial charge in [-0.05, 0) is 12.1 Å². The summed E-state index contributed by atoms with van der Waals surface area (Å²) in [7, 11) is 2.84. The molecule has 88 valence electrons. The van der Waals surface area contributed by atoms with Gasteiger partial charge in [0, 0.05) is 6.07 Å². The van der Waals surface area contributed by atoms with Gasteiger partial charge in [-0.25, -0.2) is 9.48 Å². The Morgan fingerprint density at radius 3 is 2.53 bits per heavy atom. The summed E-state index contributed by atoms with van der Waals surface area (Å²) in [6.07, 6.45) is 0. The summed E-state index contributed by atoms with van der Waals surface area (Å²) >= 11 is 0. The second-order valence-electron chi connectivity index (χ2n) is 3.31. The second-order valence-corrected chi connectivity index (χ2v) is 3.31. The van der Waals surface area contributed by atoms with Gasteiger partial charge in [-0.1, -0.05) is 18.2 Å². The number of hydrogen-bond acceptors (Lipinski definition) is 4. The van der Waals surface area contributed by atoms with Crippen molar-refractivity contribution in [3.05, 3.63) is 42.1 Å². The number of nitrogens with zero attached hydrogens (tertiary/aromatic N) is 2. The van der Waals surface area contributed by atoms with E-state index in [0.29, 0.717) is 5.88 Å². The van der Waals surface area contributed by atoms with E-state index in [0.717, 1.165) is 5.69 Å². The Morgan fingerprint density at radius 2 is 1.94 bits per heavy atom. The third-order valence-electron chi connectivity index (χ3n) is 2.28. The van der Waals surface area contributed by atoms with Crippen molar-refractivity contribution >= 4 is 5.97 Å². The number of rotatable bonds is 3. The number of carbonyl (C=O) groups excluding carboxylic acids is 1. The van der Waals surface area contributed by atoms with Gasteiger partial charge < -0.3 is 9.47 Å². The van der Waals surface area contributed by atoms with E-state index in [1.807, 2.05) is 30.3 Å². The van der Waals surface area contributed by atoms with Gasteiger partial charge in [0.05, 0.1) is 19.9 Å². The Balaban J connectivity index is 2.47. The van der Waals surface area contributed by atoms with Crippen molar-refractivity contribution in [1.82, 2.24) is 9.78 Å². The van der Waals surface area contributed by atoms with Crippen LogP contribution in [0.1, 0.15) is 10.5 Å². The zero-order valence-corrected chi connectivity index (χ0v) is 9.58. The Hall–Kier alpha value is -2.30. The first-order valence-electron chi connectivity index (χ1n) is 5.04. The smallest absolute Gasteiger partial charge is 0.358 e. The molecule has 1 heterocycles. The first-order valence-corrected chi connectivity index (χ1v) is 5.04. The zero-order chi connectivity index (χ0) is 12.3. The van der Waals surface area contributed by atoms with Crippen molar-refractivity contribution in [1.29, 1.82) is 0 Å². The maximum Gasteiger partial charge on any atom is 0.358 e. The molecule has 0 aliphatic carbocycles. The van der Waals surface area contributed by atoms with E-state index in [2.05, 4.69) is 9.84 Å². The topological polar surface area (TPSA) is 53.4 Å². The maximum atomic E-state index is 11.4. The number of methoxy groups -OCH3 is 2. The number of carbonyl (C=O) groups is 1. The molecule has 0 spiro atoms. The van der Waals surface area contributed by atoms with Crippen LogP contribution in [-0.2, 0) is 4.74 Å². The van der Waals surface area contributed by atoms with Gasteiger partial charge in [0.25, 0.3) is 0 Å². The lowest BCUT2D eigenvalue weighted by molar-refractivity contribution is 0.0593. The zero-order valence-electron chi connectivity index (χ0n) is 9.58. The molecule has 2 aromatic rings. The highest BCUT2D eigenvalue weighted by Gasteiger charge is 2.15. The maximum absolute atomic E-state index is 11.4. The third-order valence-corrected chi connectivity index (χ3v) is 2.28. The normalized spacial score (nSPS) is 10.0. The van der Waals surface area contributed by atoms with Crippen LogP contribution in [0.2, 0.25) is 0 Å². The summed E-state index contributed by atoms with van der Waals surface area (Å²) in [5.41, 5.74) is 1.03. The fraction of sp³-hybridized carbons (Fsp3) is 0.167. The molecule has 0 saturated carbocycles. The molecule has 0 atom stereocenters. The molecule has 5 heteroatoms. The van der Waals surface area contributed by atoms with E-state index in [1.165, 1.54) is 14.2 Å². The standard InChI is InChI=1S/C12H12N2O3/c1-16-11-8-10(12(15)17-2)13-14(11)9-6-4-3-5-7-9/h3-8H,1-2H3. The van der Waals surface area contributed by atoms with E-state index in [4.69, 9.17) is 4.74 Å². The van der Waals surface area contributed by atoms with Crippen LogP contribution in [0.15, 0.2) is 36.4 Å². The lowest BCUT2D eigenvalue weighted by Gasteiger charge is -2.04. The number of aromatic nitrogens is 2. The van der Waals surface area contributed by atoms with Crippen molar-refractivity contribution in [3.8, 4) is 11.6 Å². The minimum atomic E-state index is -0.488. The predicted octanol–water partition coefficient (Wildman–Crippen LogP) is 1.67. The number of esters is 1. The molecule has 0 unspecified atom stereocenters. The van der Waals surface area contributed by atoms with Crippen LogP contribution in [0.3, 0.4) is 0 Å². The van der Waals surface area contributed by atoms with E-state index in [-0.39, 0.29) is 5.69 Å². The molecule has 0 saturated heterocycles. The Kier molecular flexibility index (Phi) is 3.09. The minimum Gasteiger partial charge on any atom is -0.481 e. The van der Waals surface area contributed by atoms with Gasteiger partial charge in [-0.2, -0.15) is 5.10 Å². The summed E-state index contributed by atoms with van der Waals surface area (Å²) in [6.45, 7) is 0. The molecule has 0 radical (unpaired) electrons. The first-order chi connectivity index (χ1) is 8.26. The van der Waals surface area contributed by atoms with Crippen LogP contribution in [-0.4, -0.2) is 30.0 Å². The van der Waals surface area contributed by atoms with Gasteiger partial charge in [0.15, 0.2) is 5.69 Å². The summed E-state index contributed by atoms with van der Waals surface area (Å²) in [6, 6.07) is 11.0. The largest absolute Gasteiger partial charge is 0.481 e. The highest BCUT2D eigenvalue weighted by molar-refractivity contribution is 5.87. The van der Waals surface area contributed by atoms with Gasteiger partial charge >= 0.3 is 5.97 Å². The molecular formula is C12H12N2O3. The van der Waals surface area contributed by atoms with E-state index < -0.39 is 5.97 Å². The predicted molar refractivity (Wildman–Crippen MR) is 61.5 cm³/mol. The molecule has 2 rings (SSSR count). The Labute approximate surface area is 98.6 Å². The van der Waals surface area contributed by atoms with Gasteiger partial charge in [-0.3, -0.25) is 0 Å². The lowest BCUT2D eigenvalue weighted by Crippen LogP contribution is -2.04. The molecule has 0 fully saturated rings. The molecule has 5 nitrogen and oxygen atoms in total. The minimum absolute atomic E-state index is 0.216. The SMILES string of the molecule is COC(=O)c1cc(OC)n(-c2ccccc2)n1. The van der Waals surface area contributed by atoms with Crippen molar-refractivity contribution in [3.63, 3.8) is 0 Å². The van der Waals surface area contributed by atoms with Crippen LogP contribution < -0.4 is 4.74 Å². The van der Waals surface area contributed by atoms with Crippen molar-refractivity contribution in [2.24, 2.45) is 0 Å². The number of para-hydroxylation sites is 1. The van der Waals surface area contributed by atoms with Crippen LogP contribution in [0.5, 0.6) is 5.88 Å². The van der Waals surface area contributed by atoms with Crippen LogP contribution in [0.25, 0.3) is 5.69 Å². The molecule has 1 aromatic heterocycles. The third kappa shape index (κ3) is 2.13. The quantitative estimate of drug-likeness (QED) is 0.755. The highest BCUT2D eigenvalue weighted by atomic mass is 16.5. The summed E-state index contributed by atoms with van der Waals surface area (Å²) in [5.74, 6) is -0.00502. The van der Waals surface area contributed by atoms with Crippen LogP contribution in [0, 0.1) is 0 Å². The fourth-order valence-corrected chi connectivity index (χ4v) is 1.47. The average molecular weight is 232 g/mol. The summed E-state index contributed by atoms with van der Waals surface area (Å²) in [5, 5.41) is 4.14. The molecular weight excluding hydrogens is 220 g/mol. The van der Waals surface area contributed by atoms with E-state index in [1.54, 1.807) is 10.7 Å². The number of hydrogen-bond donors (Lipinski definition) is 0. The van der Waals surface area contributed by atoms with Gasteiger partial charge in [-0.15, -0.1) is 0 Å². The molecule has 17 heavy (non-hydrogen) atoms. The average Bonchev–Trinajstić information content (AvgIpc) is 2.83. The van der Waals surface area contributed by atoms with Gasteiger partial charge in [0.2, 0.25) is 5.88 Å². The molecule has 1 aromatic carbocycles. The summed E-state index contributed by atoms with van der Waals surface area (Å²) in [4.78, 5) is 11.4. The molecule has 0 N–H and O–H groups in total. The van der Waals surface area contributed by atoms with Crippen LogP contribution >= 0.6 is 0 Å². The highest BCUT2D eigenvalue weighted by Crippen LogP contribution is 2.19. The number of ether oxygens (including phenoxy) is 2. The van der Waals surface area contributed by atoms with Crippen molar-refractivity contribution < 1.29 is 14.3 Å². The van der Waals surface area contributed by atoms with Gasteiger partial charge in [0.1, 0.15) is 0 Å². The van der Waals surface area contributed by atoms with Crippen molar-refractivity contribution in [2.75, 3.05) is 14.2 Å². The Bertz CT molecular complexity index is 520. The molecule has 0 aliphatic heterocycles. The Morgan fingerprint density at radius 1 is 1.24 bits per heavy atom. The van der Waals surface area contributed by atoms with Crippen LogP contribution in [0.4, 0.5) is 0 Å². The molecule has 0 aliphatic rings. The summed E-state index contributed by atoms with van der Waals surface area (Å²) < 4.78 is 11.3. The van der Waals surface area contributed by atoms with E-state index in [9.17, 15) is 4.79 Å². The molecule has 0 amide bonds. The first kappa shape index (κ1) is 11.2. The van der Waals surface area contributed by atoms with E-state index >= 15 is 0 Å². The second kappa shape index (κ2) is 4.69.